The lowest BCUT2D eigenvalue weighted by atomic mass is 10.1. The Labute approximate surface area is 187 Å². The number of hydrogen-bond acceptors (Lipinski definition) is 6. The van der Waals surface area contributed by atoms with Crippen LogP contribution in [0.15, 0.2) is 71.6 Å². The second-order valence-electron chi connectivity index (χ2n) is 7.04. The van der Waals surface area contributed by atoms with Crippen LogP contribution in [0.3, 0.4) is 0 Å². The van der Waals surface area contributed by atoms with Gasteiger partial charge in [0.15, 0.2) is 0 Å². The molecule has 0 saturated carbocycles. The number of nitrogens with zero attached hydrogens (tertiary/aromatic N) is 2. The van der Waals surface area contributed by atoms with Crippen molar-refractivity contribution in [3.8, 4) is 0 Å². The molecule has 9 heteroatoms. The minimum absolute atomic E-state index is 0.0564. The molecule has 1 N–H and O–H groups in total. The number of para-hydroxylation sites is 1. The summed E-state index contributed by atoms with van der Waals surface area (Å²) in [5.41, 5.74) is 1.57. The molecule has 4 aromatic rings. The molecule has 1 aliphatic heterocycles. The van der Waals surface area contributed by atoms with Crippen LogP contribution >= 0.6 is 11.3 Å². The largest absolute Gasteiger partial charge is 0.295 e. The Hall–Kier alpha value is -3.66. The third kappa shape index (κ3) is 3.42. The van der Waals surface area contributed by atoms with Gasteiger partial charge in [-0.05, 0) is 48.0 Å². The summed E-state index contributed by atoms with van der Waals surface area (Å²) >= 11 is 1.44. The van der Waals surface area contributed by atoms with Gasteiger partial charge in [0.1, 0.15) is 9.90 Å². The Bertz CT molecular complexity index is 1490. The first-order chi connectivity index (χ1) is 15.3. The third-order valence-corrected chi connectivity index (χ3v) is 6.95. The van der Waals surface area contributed by atoms with E-state index in [9.17, 15) is 22.6 Å². The zero-order chi connectivity index (χ0) is 22.5. The number of rotatable bonds is 4. The number of aromatic nitrogens is 1. The minimum atomic E-state index is -4.63. The average Bonchev–Trinajstić information content (AvgIpc) is 3.30. The normalized spacial score (nSPS) is 14.0. The maximum atomic E-state index is 12.7. The quantitative estimate of drug-likeness (QED) is 0.353. The molecule has 3 aromatic carbocycles. The van der Waals surface area contributed by atoms with Gasteiger partial charge in [0.2, 0.25) is 0 Å². The molecule has 0 unspecified atom stereocenters. The van der Waals surface area contributed by atoms with Crippen LogP contribution in [-0.2, 0) is 10.1 Å². The standard InChI is InChI=1S/C23H14N2O5S2/c26-22-16-5-1-2-6-17(16)23(27)25(22)15-11-9-14(20(13-15)32(28,29)30)10-12-21-24-18-7-3-4-8-19(18)31-21/h1-13H,(H,28,29,30). The van der Waals surface area contributed by atoms with Gasteiger partial charge in [0.05, 0.1) is 27.0 Å². The smallest absolute Gasteiger partial charge is 0.282 e. The van der Waals surface area contributed by atoms with Gasteiger partial charge in [-0.15, -0.1) is 11.3 Å². The van der Waals surface area contributed by atoms with E-state index < -0.39 is 26.8 Å². The lowest BCUT2D eigenvalue weighted by molar-refractivity contribution is 0.0926. The number of thiazole rings is 1. The van der Waals surface area contributed by atoms with Gasteiger partial charge in [0, 0.05) is 0 Å². The molecule has 2 heterocycles. The van der Waals surface area contributed by atoms with Crippen LogP contribution in [0.1, 0.15) is 31.3 Å². The topological polar surface area (TPSA) is 105 Å². The van der Waals surface area contributed by atoms with Crippen LogP contribution in [0.5, 0.6) is 0 Å². The third-order valence-electron chi connectivity index (χ3n) is 5.04. The number of imide groups is 1. The van der Waals surface area contributed by atoms with Gasteiger partial charge in [-0.25, -0.2) is 9.88 Å². The van der Waals surface area contributed by atoms with Crippen LogP contribution < -0.4 is 4.90 Å². The molecule has 5 rings (SSSR count). The molecule has 0 saturated heterocycles. The van der Waals surface area contributed by atoms with Crippen molar-refractivity contribution in [1.29, 1.82) is 0 Å². The van der Waals surface area contributed by atoms with E-state index in [1.165, 1.54) is 41.7 Å². The Morgan fingerprint density at radius 3 is 2.19 bits per heavy atom. The first kappa shape index (κ1) is 20.3. The van der Waals surface area contributed by atoms with Crippen molar-refractivity contribution < 1.29 is 22.6 Å². The number of hydrogen-bond donors (Lipinski definition) is 1. The predicted molar refractivity (Wildman–Crippen MR) is 122 cm³/mol. The summed E-state index contributed by atoms with van der Waals surface area (Å²) in [7, 11) is -4.63. The molecule has 1 aromatic heterocycles. The zero-order valence-corrected chi connectivity index (χ0v) is 17.9. The number of fused-ring (bicyclic) bond motifs is 2. The fourth-order valence-electron chi connectivity index (χ4n) is 3.57. The van der Waals surface area contributed by atoms with Crippen molar-refractivity contribution in [1.82, 2.24) is 4.98 Å². The molecule has 0 atom stereocenters. The van der Waals surface area contributed by atoms with E-state index in [0.29, 0.717) is 5.01 Å². The van der Waals surface area contributed by atoms with Crippen LogP contribution in [-0.4, -0.2) is 29.8 Å². The number of carbonyl (C=O) groups is 2. The highest BCUT2D eigenvalue weighted by molar-refractivity contribution is 7.86. The van der Waals surface area contributed by atoms with Crippen LogP contribution in [0.4, 0.5) is 5.69 Å². The minimum Gasteiger partial charge on any atom is -0.282 e. The average molecular weight is 463 g/mol. The highest BCUT2D eigenvalue weighted by Gasteiger charge is 2.36. The van der Waals surface area contributed by atoms with E-state index >= 15 is 0 Å². The monoisotopic (exact) mass is 462 g/mol. The number of amides is 2. The maximum absolute atomic E-state index is 12.7. The van der Waals surface area contributed by atoms with Crippen molar-refractivity contribution in [3.63, 3.8) is 0 Å². The summed E-state index contributed by atoms with van der Waals surface area (Å²) in [6.45, 7) is 0. The Morgan fingerprint density at radius 1 is 0.875 bits per heavy atom. The van der Waals surface area contributed by atoms with E-state index in [4.69, 9.17) is 0 Å². The lowest BCUT2D eigenvalue weighted by Gasteiger charge is -2.15. The molecular formula is C23H14N2O5S2. The van der Waals surface area contributed by atoms with Crippen molar-refractivity contribution in [2.24, 2.45) is 0 Å². The fourth-order valence-corrected chi connectivity index (χ4v) is 5.14. The van der Waals surface area contributed by atoms with Crippen molar-refractivity contribution >= 4 is 61.3 Å². The van der Waals surface area contributed by atoms with Gasteiger partial charge >= 0.3 is 0 Å². The molecule has 158 valence electrons. The summed E-state index contributed by atoms with van der Waals surface area (Å²) in [6, 6.07) is 18.0. The van der Waals surface area contributed by atoms with Gasteiger partial charge in [-0.2, -0.15) is 8.42 Å². The molecule has 7 nitrogen and oxygen atoms in total. The molecule has 1 aliphatic rings. The molecule has 0 spiro atoms. The highest BCUT2D eigenvalue weighted by atomic mass is 32.2. The van der Waals surface area contributed by atoms with Gasteiger partial charge in [0.25, 0.3) is 21.9 Å². The lowest BCUT2D eigenvalue weighted by Crippen LogP contribution is -2.29. The molecule has 0 aliphatic carbocycles. The Kier molecular flexibility index (Phi) is 4.74. The van der Waals surface area contributed by atoms with Crippen LogP contribution in [0, 0.1) is 0 Å². The second-order valence-corrected chi connectivity index (χ2v) is 9.49. The highest BCUT2D eigenvalue weighted by Crippen LogP contribution is 2.32. The van der Waals surface area contributed by atoms with Gasteiger partial charge < -0.3 is 0 Å². The van der Waals surface area contributed by atoms with E-state index in [2.05, 4.69) is 4.98 Å². The molecule has 2 amide bonds. The SMILES string of the molecule is O=C1c2ccccc2C(=O)N1c1ccc(C=Cc2nc3ccccc3s2)c(S(=O)(=O)O)c1. The van der Waals surface area contributed by atoms with Gasteiger partial charge in [-0.3, -0.25) is 14.1 Å². The van der Waals surface area contributed by atoms with Crippen LogP contribution in [0.2, 0.25) is 0 Å². The van der Waals surface area contributed by atoms with Gasteiger partial charge in [-0.1, -0.05) is 36.4 Å². The number of carbonyl (C=O) groups excluding carboxylic acids is 2. The second kappa shape index (κ2) is 7.49. The number of anilines is 1. The summed E-state index contributed by atoms with van der Waals surface area (Å²) in [6.07, 6.45) is 3.17. The summed E-state index contributed by atoms with van der Waals surface area (Å²) in [4.78, 5) is 30.4. The van der Waals surface area contributed by atoms with Crippen molar-refractivity contribution in [3.05, 3.63) is 88.4 Å². The summed E-state index contributed by atoms with van der Waals surface area (Å²) in [5.74, 6) is -1.10. The molecule has 32 heavy (non-hydrogen) atoms. The van der Waals surface area contributed by atoms with Crippen LogP contribution in [0.25, 0.3) is 22.4 Å². The predicted octanol–water partition coefficient (Wildman–Crippen LogP) is 4.51. The maximum Gasteiger partial charge on any atom is 0.295 e. The Balaban J connectivity index is 1.55. The molecule has 0 fully saturated rings. The van der Waals surface area contributed by atoms with Crippen molar-refractivity contribution in [2.45, 2.75) is 4.90 Å². The molecule has 0 radical (unpaired) electrons. The van der Waals surface area contributed by atoms with Crippen molar-refractivity contribution in [2.75, 3.05) is 4.90 Å². The molecule has 0 bridgehead atoms. The zero-order valence-electron chi connectivity index (χ0n) is 16.3. The first-order valence-corrected chi connectivity index (χ1v) is 11.7. The van der Waals surface area contributed by atoms with E-state index in [-0.39, 0.29) is 22.4 Å². The van der Waals surface area contributed by atoms with E-state index in [1.54, 1.807) is 18.2 Å². The molecular weight excluding hydrogens is 448 g/mol. The number of benzene rings is 3. The Morgan fingerprint density at radius 2 is 1.53 bits per heavy atom. The van der Waals surface area contributed by atoms with E-state index in [0.717, 1.165) is 21.2 Å². The summed E-state index contributed by atoms with van der Waals surface area (Å²) < 4.78 is 34.9. The van der Waals surface area contributed by atoms with E-state index in [1.807, 2.05) is 24.3 Å². The fraction of sp³-hybridized carbons (Fsp3) is 0. The first-order valence-electron chi connectivity index (χ1n) is 9.46. The summed E-state index contributed by atoms with van der Waals surface area (Å²) in [5, 5.41) is 0.664.